The predicted octanol–water partition coefficient (Wildman–Crippen LogP) is 2.20. The highest BCUT2D eigenvalue weighted by atomic mass is 32.2. The van der Waals surface area contributed by atoms with Gasteiger partial charge in [0.05, 0.1) is 13.5 Å². The molecule has 0 spiro atoms. The standard InChI is InChI=1S/C14H19NO2S/c1-17-12-5-3-4-11(8-12)9-14(16)15-7-6-13(10-15)18-2/h3-5,8,13H,6-7,9-10H2,1-2H3/t13-/m0/s1. The van der Waals surface area contributed by atoms with Crippen molar-refractivity contribution in [2.24, 2.45) is 0 Å². The summed E-state index contributed by atoms with van der Waals surface area (Å²) in [6.45, 7) is 1.79. The number of benzene rings is 1. The van der Waals surface area contributed by atoms with E-state index in [4.69, 9.17) is 4.74 Å². The number of carbonyl (C=O) groups is 1. The van der Waals surface area contributed by atoms with Crippen molar-refractivity contribution >= 4 is 17.7 Å². The fraction of sp³-hybridized carbons (Fsp3) is 0.500. The lowest BCUT2D eigenvalue weighted by molar-refractivity contribution is -0.129. The van der Waals surface area contributed by atoms with Gasteiger partial charge in [-0.1, -0.05) is 12.1 Å². The van der Waals surface area contributed by atoms with Crippen molar-refractivity contribution in [3.05, 3.63) is 29.8 Å². The zero-order chi connectivity index (χ0) is 13.0. The highest BCUT2D eigenvalue weighted by Gasteiger charge is 2.25. The monoisotopic (exact) mass is 265 g/mol. The first-order chi connectivity index (χ1) is 8.72. The van der Waals surface area contributed by atoms with E-state index in [9.17, 15) is 4.79 Å². The SMILES string of the molecule is COc1cccc(CC(=O)N2CC[C@H](SC)C2)c1. The number of amides is 1. The Morgan fingerprint density at radius 1 is 1.56 bits per heavy atom. The van der Waals surface area contributed by atoms with Gasteiger partial charge in [0.1, 0.15) is 5.75 Å². The summed E-state index contributed by atoms with van der Waals surface area (Å²) in [5.74, 6) is 1.03. The van der Waals surface area contributed by atoms with Crippen molar-refractivity contribution in [2.45, 2.75) is 18.1 Å². The average molecular weight is 265 g/mol. The van der Waals surface area contributed by atoms with Gasteiger partial charge in [-0.3, -0.25) is 4.79 Å². The molecule has 4 heteroatoms. The highest BCUT2D eigenvalue weighted by Crippen LogP contribution is 2.21. The van der Waals surface area contributed by atoms with E-state index in [1.165, 1.54) is 0 Å². The smallest absolute Gasteiger partial charge is 0.227 e. The van der Waals surface area contributed by atoms with Crippen LogP contribution in [0.1, 0.15) is 12.0 Å². The van der Waals surface area contributed by atoms with E-state index in [1.54, 1.807) is 7.11 Å². The quantitative estimate of drug-likeness (QED) is 0.836. The minimum absolute atomic E-state index is 0.222. The van der Waals surface area contributed by atoms with Crippen LogP contribution in [-0.4, -0.2) is 42.5 Å². The van der Waals surface area contributed by atoms with Gasteiger partial charge in [0.2, 0.25) is 5.91 Å². The molecule has 0 saturated carbocycles. The van der Waals surface area contributed by atoms with Gasteiger partial charge in [-0.05, 0) is 30.4 Å². The minimum Gasteiger partial charge on any atom is -0.497 e. The van der Waals surface area contributed by atoms with E-state index in [0.717, 1.165) is 30.8 Å². The molecule has 1 heterocycles. The number of carbonyl (C=O) groups excluding carboxylic acids is 1. The summed E-state index contributed by atoms with van der Waals surface area (Å²) in [5.41, 5.74) is 1.02. The van der Waals surface area contributed by atoms with E-state index in [2.05, 4.69) is 6.26 Å². The van der Waals surface area contributed by atoms with Gasteiger partial charge in [0.15, 0.2) is 0 Å². The van der Waals surface area contributed by atoms with Crippen LogP contribution < -0.4 is 4.74 Å². The third-order valence-corrected chi connectivity index (χ3v) is 4.37. The summed E-state index contributed by atoms with van der Waals surface area (Å²) in [4.78, 5) is 14.1. The topological polar surface area (TPSA) is 29.5 Å². The van der Waals surface area contributed by atoms with Crippen LogP contribution in [0.25, 0.3) is 0 Å². The van der Waals surface area contributed by atoms with Crippen LogP contribution in [0.2, 0.25) is 0 Å². The summed E-state index contributed by atoms with van der Waals surface area (Å²) in [6, 6.07) is 7.73. The number of hydrogen-bond donors (Lipinski definition) is 0. The van der Waals surface area contributed by atoms with Gasteiger partial charge in [-0.25, -0.2) is 0 Å². The zero-order valence-corrected chi connectivity index (χ0v) is 11.7. The average Bonchev–Trinajstić information content (AvgIpc) is 2.88. The number of ether oxygens (including phenoxy) is 1. The van der Waals surface area contributed by atoms with Gasteiger partial charge in [0, 0.05) is 18.3 Å². The molecule has 0 unspecified atom stereocenters. The Morgan fingerprint density at radius 2 is 2.39 bits per heavy atom. The number of rotatable bonds is 4. The largest absolute Gasteiger partial charge is 0.497 e. The number of nitrogens with zero attached hydrogens (tertiary/aromatic N) is 1. The fourth-order valence-electron chi connectivity index (χ4n) is 2.22. The first-order valence-electron chi connectivity index (χ1n) is 6.16. The molecule has 18 heavy (non-hydrogen) atoms. The highest BCUT2D eigenvalue weighted by molar-refractivity contribution is 7.99. The maximum Gasteiger partial charge on any atom is 0.227 e. The van der Waals surface area contributed by atoms with E-state index in [0.29, 0.717) is 11.7 Å². The third kappa shape index (κ3) is 3.19. The predicted molar refractivity (Wildman–Crippen MR) is 75.2 cm³/mol. The molecule has 0 aliphatic carbocycles. The van der Waals surface area contributed by atoms with Gasteiger partial charge in [-0.2, -0.15) is 11.8 Å². The second kappa shape index (κ2) is 6.14. The molecule has 1 aromatic rings. The lowest BCUT2D eigenvalue weighted by Gasteiger charge is -2.16. The molecule has 1 saturated heterocycles. The second-order valence-electron chi connectivity index (χ2n) is 4.51. The lowest BCUT2D eigenvalue weighted by atomic mass is 10.1. The van der Waals surface area contributed by atoms with E-state index < -0.39 is 0 Å². The van der Waals surface area contributed by atoms with E-state index in [-0.39, 0.29) is 5.91 Å². The molecule has 0 aromatic heterocycles. The van der Waals surface area contributed by atoms with Crippen LogP contribution in [0.3, 0.4) is 0 Å². The Hall–Kier alpha value is -1.16. The molecule has 0 bridgehead atoms. The molecule has 1 fully saturated rings. The maximum atomic E-state index is 12.2. The lowest BCUT2D eigenvalue weighted by Crippen LogP contribution is -2.30. The van der Waals surface area contributed by atoms with Crippen LogP contribution in [0, 0.1) is 0 Å². The number of hydrogen-bond acceptors (Lipinski definition) is 3. The molecule has 0 radical (unpaired) electrons. The van der Waals surface area contributed by atoms with Crippen molar-refractivity contribution in [1.82, 2.24) is 4.90 Å². The van der Waals surface area contributed by atoms with E-state index >= 15 is 0 Å². The van der Waals surface area contributed by atoms with Crippen molar-refractivity contribution in [2.75, 3.05) is 26.5 Å². The van der Waals surface area contributed by atoms with Gasteiger partial charge in [-0.15, -0.1) is 0 Å². The summed E-state index contributed by atoms with van der Waals surface area (Å²) in [5, 5.41) is 0.610. The first kappa shape index (κ1) is 13.3. The van der Waals surface area contributed by atoms with Crippen LogP contribution in [0.15, 0.2) is 24.3 Å². The van der Waals surface area contributed by atoms with Crippen molar-refractivity contribution in [1.29, 1.82) is 0 Å². The normalized spacial score (nSPS) is 19.0. The van der Waals surface area contributed by atoms with Crippen LogP contribution >= 0.6 is 11.8 Å². The summed E-state index contributed by atoms with van der Waals surface area (Å²) in [7, 11) is 1.64. The molecular formula is C14H19NO2S. The Morgan fingerprint density at radius 3 is 3.06 bits per heavy atom. The summed E-state index contributed by atoms with van der Waals surface area (Å²) < 4.78 is 5.17. The molecule has 3 nitrogen and oxygen atoms in total. The summed E-state index contributed by atoms with van der Waals surface area (Å²) in [6.07, 6.45) is 3.70. The van der Waals surface area contributed by atoms with E-state index in [1.807, 2.05) is 40.9 Å². The van der Waals surface area contributed by atoms with Crippen LogP contribution in [0.5, 0.6) is 5.75 Å². The molecule has 1 aliphatic rings. The zero-order valence-electron chi connectivity index (χ0n) is 10.9. The maximum absolute atomic E-state index is 12.2. The molecule has 1 aromatic carbocycles. The summed E-state index contributed by atoms with van der Waals surface area (Å²) >= 11 is 1.85. The number of methoxy groups -OCH3 is 1. The van der Waals surface area contributed by atoms with Crippen molar-refractivity contribution in [3.8, 4) is 5.75 Å². The van der Waals surface area contributed by atoms with Crippen LogP contribution in [-0.2, 0) is 11.2 Å². The molecule has 1 atom stereocenters. The molecule has 1 amide bonds. The molecule has 98 valence electrons. The van der Waals surface area contributed by atoms with Crippen LogP contribution in [0.4, 0.5) is 0 Å². The second-order valence-corrected chi connectivity index (χ2v) is 5.65. The molecule has 0 N–H and O–H groups in total. The Labute approximate surface area is 113 Å². The number of likely N-dealkylation sites (tertiary alicyclic amines) is 1. The van der Waals surface area contributed by atoms with Crippen molar-refractivity contribution in [3.63, 3.8) is 0 Å². The molecule has 1 aliphatic heterocycles. The fourth-order valence-corrected chi connectivity index (χ4v) is 2.89. The van der Waals surface area contributed by atoms with Gasteiger partial charge in [0.25, 0.3) is 0 Å². The Kier molecular flexibility index (Phi) is 4.53. The van der Waals surface area contributed by atoms with Gasteiger partial charge < -0.3 is 9.64 Å². The van der Waals surface area contributed by atoms with Crippen molar-refractivity contribution < 1.29 is 9.53 Å². The third-order valence-electron chi connectivity index (χ3n) is 3.32. The Balaban J connectivity index is 1.94. The minimum atomic E-state index is 0.222. The number of thioether (sulfide) groups is 1. The molecule has 2 rings (SSSR count). The first-order valence-corrected chi connectivity index (χ1v) is 7.45. The Bertz CT molecular complexity index is 422. The van der Waals surface area contributed by atoms with Gasteiger partial charge >= 0.3 is 0 Å². The molecular weight excluding hydrogens is 246 g/mol.